The largest absolute Gasteiger partial charge is 0.384 e. The van der Waals surface area contributed by atoms with Crippen molar-refractivity contribution in [1.82, 2.24) is 4.90 Å². The summed E-state index contributed by atoms with van der Waals surface area (Å²) in [7, 11) is 0. The SMILES string of the molecule is CCCN(CCC)CCNc1ccc(F)c(Cl)c1. The van der Waals surface area contributed by atoms with Gasteiger partial charge in [-0.25, -0.2) is 4.39 Å². The van der Waals surface area contributed by atoms with E-state index in [2.05, 4.69) is 24.1 Å². The van der Waals surface area contributed by atoms with E-state index < -0.39 is 0 Å². The standard InChI is InChI=1S/C14H22ClFN2/c1-3-8-18(9-4-2)10-7-17-12-5-6-14(16)13(15)11-12/h5-6,11,17H,3-4,7-10H2,1-2H3. The predicted octanol–water partition coefficient (Wildman–Crippen LogP) is 4.01. The Hall–Kier alpha value is -0.800. The molecule has 0 atom stereocenters. The first kappa shape index (κ1) is 15.3. The van der Waals surface area contributed by atoms with Gasteiger partial charge in [-0.3, -0.25) is 0 Å². The van der Waals surface area contributed by atoms with Gasteiger partial charge in [0.15, 0.2) is 0 Å². The molecule has 0 saturated heterocycles. The fourth-order valence-electron chi connectivity index (χ4n) is 1.93. The summed E-state index contributed by atoms with van der Waals surface area (Å²) < 4.78 is 13.0. The lowest BCUT2D eigenvalue weighted by molar-refractivity contribution is 0.285. The van der Waals surface area contributed by atoms with Crippen LogP contribution in [0, 0.1) is 5.82 Å². The van der Waals surface area contributed by atoms with E-state index in [1.54, 1.807) is 12.1 Å². The molecule has 0 aliphatic heterocycles. The zero-order valence-corrected chi connectivity index (χ0v) is 11.9. The number of hydrogen-bond donors (Lipinski definition) is 1. The van der Waals surface area contributed by atoms with E-state index in [0.29, 0.717) is 0 Å². The second-order valence-electron chi connectivity index (χ2n) is 4.40. The Bertz CT molecular complexity index is 352. The number of hydrogen-bond acceptors (Lipinski definition) is 2. The summed E-state index contributed by atoms with van der Waals surface area (Å²) in [5.74, 6) is -0.374. The second-order valence-corrected chi connectivity index (χ2v) is 4.80. The average molecular weight is 273 g/mol. The van der Waals surface area contributed by atoms with E-state index >= 15 is 0 Å². The van der Waals surface area contributed by atoms with Crippen LogP contribution in [0.5, 0.6) is 0 Å². The summed E-state index contributed by atoms with van der Waals surface area (Å²) in [5.41, 5.74) is 0.870. The number of anilines is 1. The third-order valence-corrected chi connectivity index (χ3v) is 3.05. The first-order chi connectivity index (χ1) is 8.67. The molecule has 0 bridgehead atoms. The van der Waals surface area contributed by atoms with Crippen LogP contribution >= 0.6 is 11.6 Å². The van der Waals surface area contributed by atoms with Crippen molar-refractivity contribution >= 4 is 17.3 Å². The van der Waals surface area contributed by atoms with Gasteiger partial charge >= 0.3 is 0 Å². The zero-order valence-electron chi connectivity index (χ0n) is 11.2. The number of nitrogens with zero attached hydrogens (tertiary/aromatic N) is 1. The minimum absolute atomic E-state index is 0.166. The van der Waals surface area contributed by atoms with Crippen LogP contribution in [-0.4, -0.2) is 31.1 Å². The molecule has 1 rings (SSSR count). The minimum atomic E-state index is -0.374. The number of benzene rings is 1. The molecular formula is C14H22ClFN2. The Balaban J connectivity index is 2.37. The van der Waals surface area contributed by atoms with Crippen molar-refractivity contribution in [1.29, 1.82) is 0 Å². The van der Waals surface area contributed by atoms with E-state index in [1.807, 2.05) is 0 Å². The van der Waals surface area contributed by atoms with Gasteiger partial charge in [0.1, 0.15) is 5.82 Å². The van der Waals surface area contributed by atoms with Crippen LogP contribution in [0.2, 0.25) is 5.02 Å². The number of rotatable bonds is 8. The molecule has 2 nitrogen and oxygen atoms in total. The lowest BCUT2D eigenvalue weighted by atomic mass is 10.3. The third-order valence-electron chi connectivity index (χ3n) is 2.76. The van der Waals surface area contributed by atoms with E-state index in [1.165, 1.54) is 18.9 Å². The van der Waals surface area contributed by atoms with Crippen LogP contribution in [-0.2, 0) is 0 Å². The highest BCUT2D eigenvalue weighted by Gasteiger charge is 2.03. The fourth-order valence-corrected chi connectivity index (χ4v) is 2.11. The quantitative estimate of drug-likeness (QED) is 0.769. The monoisotopic (exact) mass is 272 g/mol. The molecule has 0 aliphatic carbocycles. The molecule has 0 amide bonds. The fraction of sp³-hybridized carbons (Fsp3) is 0.571. The van der Waals surface area contributed by atoms with Crippen LogP contribution in [0.25, 0.3) is 0 Å². The molecule has 0 heterocycles. The van der Waals surface area contributed by atoms with Crippen molar-refractivity contribution in [2.75, 3.05) is 31.5 Å². The van der Waals surface area contributed by atoms with Crippen molar-refractivity contribution in [2.24, 2.45) is 0 Å². The first-order valence-corrected chi connectivity index (χ1v) is 6.96. The maximum atomic E-state index is 13.0. The van der Waals surface area contributed by atoms with E-state index in [0.717, 1.165) is 31.9 Å². The maximum absolute atomic E-state index is 13.0. The van der Waals surface area contributed by atoms with E-state index in [9.17, 15) is 4.39 Å². The molecule has 4 heteroatoms. The smallest absolute Gasteiger partial charge is 0.141 e. The highest BCUT2D eigenvalue weighted by Crippen LogP contribution is 2.19. The topological polar surface area (TPSA) is 15.3 Å². The maximum Gasteiger partial charge on any atom is 0.141 e. The Labute approximate surface area is 114 Å². The highest BCUT2D eigenvalue weighted by atomic mass is 35.5. The predicted molar refractivity (Wildman–Crippen MR) is 76.9 cm³/mol. The van der Waals surface area contributed by atoms with Crippen LogP contribution in [0.4, 0.5) is 10.1 Å². The van der Waals surface area contributed by atoms with Crippen molar-refractivity contribution in [3.63, 3.8) is 0 Å². The molecule has 1 N–H and O–H groups in total. The number of halogens is 2. The normalized spacial score (nSPS) is 10.9. The molecular weight excluding hydrogens is 251 g/mol. The molecule has 0 radical (unpaired) electrons. The Kier molecular flexibility index (Phi) is 7.06. The van der Waals surface area contributed by atoms with Crippen LogP contribution in [0.15, 0.2) is 18.2 Å². The summed E-state index contributed by atoms with van der Waals surface area (Å²) in [6.07, 6.45) is 2.34. The first-order valence-electron chi connectivity index (χ1n) is 6.58. The van der Waals surface area contributed by atoms with E-state index in [-0.39, 0.29) is 10.8 Å². The van der Waals surface area contributed by atoms with Gasteiger partial charge in [0.25, 0.3) is 0 Å². The van der Waals surface area contributed by atoms with Crippen molar-refractivity contribution in [2.45, 2.75) is 26.7 Å². The minimum Gasteiger partial charge on any atom is -0.384 e. The van der Waals surface area contributed by atoms with Gasteiger partial charge in [-0.1, -0.05) is 25.4 Å². The second kappa shape index (κ2) is 8.33. The Morgan fingerprint density at radius 1 is 1.17 bits per heavy atom. The summed E-state index contributed by atoms with van der Waals surface area (Å²) in [5, 5.41) is 3.43. The van der Waals surface area contributed by atoms with Crippen LogP contribution in [0.3, 0.4) is 0 Å². The van der Waals surface area contributed by atoms with E-state index in [4.69, 9.17) is 11.6 Å². The van der Waals surface area contributed by atoms with Gasteiger partial charge in [0, 0.05) is 18.8 Å². The zero-order chi connectivity index (χ0) is 13.4. The number of nitrogens with one attached hydrogen (secondary N) is 1. The van der Waals surface area contributed by atoms with Crippen LogP contribution in [0.1, 0.15) is 26.7 Å². The molecule has 0 aromatic heterocycles. The van der Waals surface area contributed by atoms with Gasteiger partial charge < -0.3 is 10.2 Å². The van der Waals surface area contributed by atoms with Gasteiger partial charge in [-0.05, 0) is 44.1 Å². The molecule has 0 spiro atoms. The van der Waals surface area contributed by atoms with Gasteiger partial charge in [-0.2, -0.15) is 0 Å². The van der Waals surface area contributed by atoms with Crippen molar-refractivity contribution in [3.05, 3.63) is 29.0 Å². The highest BCUT2D eigenvalue weighted by molar-refractivity contribution is 6.31. The van der Waals surface area contributed by atoms with Gasteiger partial charge in [0.05, 0.1) is 5.02 Å². The molecule has 0 saturated carbocycles. The Morgan fingerprint density at radius 3 is 2.39 bits per heavy atom. The lowest BCUT2D eigenvalue weighted by Crippen LogP contribution is -2.30. The van der Waals surface area contributed by atoms with Gasteiger partial charge in [-0.15, -0.1) is 0 Å². The summed E-state index contributed by atoms with van der Waals surface area (Å²) in [6.45, 7) is 8.48. The molecule has 0 aliphatic rings. The molecule has 1 aromatic carbocycles. The third kappa shape index (κ3) is 5.23. The average Bonchev–Trinajstić information content (AvgIpc) is 2.34. The lowest BCUT2D eigenvalue weighted by Gasteiger charge is -2.21. The summed E-state index contributed by atoms with van der Waals surface area (Å²) in [4.78, 5) is 2.43. The molecule has 0 unspecified atom stereocenters. The molecule has 18 heavy (non-hydrogen) atoms. The van der Waals surface area contributed by atoms with Crippen LogP contribution < -0.4 is 5.32 Å². The molecule has 0 fully saturated rings. The molecule has 1 aromatic rings. The Morgan fingerprint density at radius 2 is 1.83 bits per heavy atom. The summed E-state index contributed by atoms with van der Waals surface area (Å²) >= 11 is 5.73. The summed E-state index contributed by atoms with van der Waals surface area (Å²) in [6, 6.07) is 4.73. The van der Waals surface area contributed by atoms with Crippen molar-refractivity contribution in [3.8, 4) is 0 Å². The van der Waals surface area contributed by atoms with Crippen molar-refractivity contribution < 1.29 is 4.39 Å². The van der Waals surface area contributed by atoms with Gasteiger partial charge in [0.2, 0.25) is 0 Å². The molecule has 102 valence electrons.